The minimum atomic E-state index is -0.473. The smallest absolute Gasteiger partial charge is 0.269 e. The second-order valence-corrected chi connectivity index (χ2v) is 6.66. The van der Waals surface area contributed by atoms with Crippen LogP contribution in [-0.2, 0) is 17.9 Å². The fraction of sp³-hybridized carbons (Fsp3) is 0.368. The molecule has 152 valence electrons. The normalized spacial score (nSPS) is 10.9. The van der Waals surface area contributed by atoms with Crippen LogP contribution in [0.15, 0.2) is 41.6 Å². The lowest BCUT2D eigenvalue weighted by molar-refractivity contribution is -0.384. The van der Waals surface area contributed by atoms with Crippen LogP contribution in [0, 0.1) is 10.1 Å². The van der Waals surface area contributed by atoms with Crippen molar-refractivity contribution < 1.29 is 9.72 Å². The van der Waals surface area contributed by atoms with Crippen molar-refractivity contribution >= 4 is 22.6 Å². The predicted molar refractivity (Wildman–Crippen MR) is 107 cm³/mol. The molecule has 1 amide bonds. The average molecular weight is 398 g/mol. The summed E-state index contributed by atoms with van der Waals surface area (Å²) in [7, 11) is 0. The molecule has 0 bridgehead atoms. The van der Waals surface area contributed by atoms with Crippen LogP contribution in [0.1, 0.15) is 31.7 Å². The zero-order valence-corrected chi connectivity index (χ0v) is 16.1. The molecule has 0 spiro atoms. The molecule has 0 radical (unpaired) electrons. The van der Waals surface area contributed by atoms with E-state index in [1.807, 2.05) is 6.92 Å². The Bertz CT molecular complexity index is 1090. The van der Waals surface area contributed by atoms with Crippen LogP contribution in [0.5, 0.6) is 0 Å². The molecule has 0 aliphatic heterocycles. The minimum absolute atomic E-state index is 0.00409. The topological polar surface area (TPSA) is 125 Å². The zero-order chi connectivity index (χ0) is 20.8. The van der Waals surface area contributed by atoms with Gasteiger partial charge in [-0.2, -0.15) is 5.10 Å². The summed E-state index contributed by atoms with van der Waals surface area (Å²) in [6.07, 6.45) is 5.16. The predicted octanol–water partition coefficient (Wildman–Crippen LogP) is 1.86. The number of unbranched alkanes of at least 4 members (excludes halogenated alkanes) is 1. The van der Waals surface area contributed by atoms with Gasteiger partial charge >= 0.3 is 0 Å². The van der Waals surface area contributed by atoms with Crippen LogP contribution in [0.2, 0.25) is 0 Å². The number of hydrogen-bond acceptors (Lipinski definition) is 6. The van der Waals surface area contributed by atoms with Crippen LogP contribution in [-0.4, -0.2) is 36.7 Å². The van der Waals surface area contributed by atoms with Crippen molar-refractivity contribution in [3.05, 3.63) is 62.8 Å². The number of carbonyl (C=O) groups is 1. The third-order valence-corrected chi connectivity index (χ3v) is 4.50. The quantitative estimate of drug-likeness (QED) is 0.433. The van der Waals surface area contributed by atoms with Gasteiger partial charge in [-0.25, -0.2) is 9.67 Å². The number of nitrogens with zero attached hydrogens (tertiary/aromatic N) is 5. The van der Waals surface area contributed by atoms with Crippen molar-refractivity contribution in [1.82, 2.24) is 24.6 Å². The summed E-state index contributed by atoms with van der Waals surface area (Å²) in [6, 6.07) is 6.13. The second-order valence-electron chi connectivity index (χ2n) is 6.66. The molecular formula is C19H22N6O4. The molecule has 3 rings (SSSR count). The van der Waals surface area contributed by atoms with E-state index in [0.29, 0.717) is 36.1 Å². The molecule has 0 aliphatic carbocycles. The summed E-state index contributed by atoms with van der Waals surface area (Å²) >= 11 is 0. The van der Waals surface area contributed by atoms with Gasteiger partial charge in [-0.3, -0.25) is 24.3 Å². The van der Waals surface area contributed by atoms with E-state index in [0.717, 1.165) is 12.8 Å². The number of amides is 1. The van der Waals surface area contributed by atoms with Crippen LogP contribution < -0.4 is 10.9 Å². The number of rotatable bonds is 9. The number of nitro benzene ring substituents is 1. The molecule has 0 unspecified atom stereocenters. The highest BCUT2D eigenvalue weighted by molar-refractivity contribution is 5.76. The van der Waals surface area contributed by atoms with E-state index in [-0.39, 0.29) is 23.7 Å². The summed E-state index contributed by atoms with van der Waals surface area (Å²) in [6.45, 7) is 3.00. The zero-order valence-electron chi connectivity index (χ0n) is 16.1. The lowest BCUT2D eigenvalue weighted by Gasteiger charge is -2.07. The number of nitrogens with one attached hydrogen (secondary N) is 1. The van der Waals surface area contributed by atoms with Crippen molar-refractivity contribution in [1.29, 1.82) is 0 Å². The van der Waals surface area contributed by atoms with E-state index in [4.69, 9.17) is 0 Å². The number of non-ortho nitro benzene ring substituents is 1. The molecule has 2 aromatic heterocycles. The molecule has 10 heteroatoms. The fourth-order valence-electron chi connectivity index (χ4n) is 2.97. The van der Waals surface area contributed by atoms with Gasteiger partial charge in [-0.15, -0.1) is 0 Å². The molecule has 29 heavy (non-hydrogen) atoms. The van der Waals surface area contributed by atoms with E-state index in [1.165, 1.54) is 29.2 Å². The van der Waals surface area contributed by atoms with Gasteiger partial charge in [0.15, 0.2) is 5.65 Å². The molecule has 0 saturated heterocycles. The Balaban J connectivity index is 1.72. The highest BCUT2D eigenvalue weighted by Gasteiger charge is 2.12. The number of benzene rings is 1. The van der Waals surface area contributed by atoms with Crippen LogP contribution >= 0.6 is 0 Å². The summed E-state index contributed by atoms with van der Waals surface area (Å²) in [5, 5.41) is 18.3. The Morgan fingerprint density at radius 1 is 1.34 bits per heavy atom. The van der Waals surface area contributed by atoms with Gasteiger partial charge in [0.1, 0.15) is 11.7 Å². The van der Waals surface area contributed by atoms with Gasteiger partial charge in [0, 0.05) is 25.1 Å². The van der Waals surface area contributed by atoms with Gasteiger partial charge < -0.3 is 5.32 Å². The molecule has 10 nitrogen and oxygen atoms in total. The van der Waals surface area contributed by atoms with Crippen LogP contribution in [0.3, 0.4) is 0 Å². The third kappa shape index (κ3) is 4.84. The molecular weight excluding hydrogens is 376 g/mol. The van der Waals surface area contributed by atoms with Gasteiger partial charge in [0.2, 0.25) is 5.91 Å². The molecule has 0 saturated carbocycles. The summed E-state index contributed by atoms with van der Waals surface area (Å²) in [4.78, 5) is 39.2. The minimum Gasteiger partial charge on any atom is -0.354 e. The highest BCUT2D eigenvalue weighted by atomic mass is 16.6. The van der Waals surface area contributed by atoms with Gasteiger partial charge in [0.05, 0.1) is 24.2 Å². The SMILES string of the molecule is CCCCC(=O)NCCn1ncc2c(=O)n(Cc3cccc([N+](=O)[O-])c3)cnc21. The van der Waals surface area contributed by atoms with Gasteiger partial charge in [-0.1, -0.05) is 25.5 Å². The first-order valence-electron chi connectivity index (χ1n) is 9.40. The first kappa shape index (κ1) is 20.2. The molecule has 1 N–H and O–H groups in total. The molecule has 0 atom stereocenters. The lowest BCUT2D eigenvalue weighted by Crippen LogP contribution is -2.27. The number of carbonyl (C=O) groups excluding carboxylic acids is 1. The Hall–Kier alpha value is -3.56. The lowest BCUT2D eigenvalue weighted by atomic mass is 10.2. The monoisotopic (exact) mass is 398 g/mol. The van der Waals surface area contributed by atoms with Crippen molar-refractivity contribution in [2.45, 2.75) is 39.3 Å². The highest BCUT2D eigenvalue weighted by Crippen LogP contribution is 2.14. The molecule has 1 aromatic carbocycles. The van der Waals surface area contributed by atoms with Gasteiger partial charge in [0.25, 0.3) is 11.2 Å². The Labute approximate surface area is 166 Å². The van der Waals surface area contributed by atoms with Crippen LogP contribution in [0.25, 0.3) is 11.0 Å². The largest absolute Gasteiger partial charge is 0.354 e. The van der Waals surface area contributed by atoms with Crippen molar-refractivity contribution in [3.63, 3.8) is 0 Å². The molecule has 0 fully saturated rings. The number of aromatic nitrogens is 4. The number of fused-ring (bicyclic) bond motifs is 1. The van der Waals surface area contributed by atoms with Crippen LogP contribution in [0.4, 0.5) is 5.69 Å². The van der Waals surface area contributed by atoms with E-state index in [2.05, 4.69) is 15.4 Å². The average Bonchev–Trinajstić information content (AvgIpc) is 3.12. The molecule has 0 aliphatic rings. The summed E-state index contributed by atoms with van der Waals surface area (Å²) < 4.78 is 2.97. The van der Waals surface area contributed by atoms with E-state index < -0.39 is 4.92 Å². The third-order valence-electron chi connectivity index (χ3n) is 4.50. The molecule has 2 heterocycles. The van der Waals surface area contributed by atoms with E-state index >= 15 is 0 Å². The first-order valence-corrected chi connectivity index (χ1v) is 9.40. The van der Waals surface area contributed by atoms with E-state index in [1.54, 1.807) is 16.8 Å². The van der Waals surface area contributed by atoms with E-state index in [9.17, 15) is 19.7 Å². The fourth-order valence-corrected chi connectivity index (χ4v) is 2.97. The maximum Gasteiger partial charge on any atom is 0.269 e. The Morgan fingerprint density at radius 2 is 2.17 bits per heavy atom. The van der Waals surface area contributed by atoms with Crippen molar-refractivity contribution in [3.8, 4) is 0 Å². The standard InChI is InChI=1S/C19H22N6O4/c1-2-3-7-17(26)20-8-9-24-18-16(11-22-24)19(27)23(13-21-18)12-14-5-4-6-15(10-14)25(28)29/h4-6,10-11,13H,2-3,7-9,12H2,1H3,(H,20,26). The van der Waals surface area contributed by atoms with Crippen molar-refractivity contribution in [2.24, 2.45) is 0 Å². The number of nitro groups is 1. The Kier molecular flexibility index (Phi) is 6.32. The second kappa shape index (κ2) is 9.09. The molecule has 3 aromatic rings. The maximum absolute atomic E-state index is 12.7. The van der Waals surface area contributed by atoms with Crippen molar-refractivity contribution in [2.75, 3.05) is 6.54 Å². The number of hydrogen-bond donors (Lipinski definition) is 1. The first-order chi connectivity index (χ1) is 14.0. The van der Waals surface area contributed by atoms with Gasteiger partial charge in [-0.05, 0) is 12.0 Å². The summed E-state index contributed by atoms with van der Waals surface area (Å²) in [5.74, 6) is -0.00409. The maximum atomic E-state index is 12.7. The summed E-state index contributed by atoms with van der Waals surface area (Å²) in [5.41, 5.74) is 0.760. The Morgan fingerprint density at radius 3 is 2.93 bits per heavy atom.